The standard InChI is InChI=1S/2C11H11.C2H6Si.2ClH.Zr/c2*1-2-9-7-8-10-5-3-4-6-11(9)10;1-3-2;;;/h2*3-8H,2H2,1H3;1-2H3;2*1H;/q;;;;;+2/p-2. The predicted octanol–water partition coefficient (Wildman–Crippen LogP) is 0.528. The molecule has 2 atom stereocenters. The predicted molar refractivity (Wildman–Crippen MR) is 112 cm³/mol. The molecule has 4 heteroatoms. The number of hydrogen-bond acceptors (Lipinski definition) is 0. The maximum absolute atomic E-state index is 2.64. The van der Waals surface area contributed by atoms with Crippen LogP contribution in [-0.2, 0) is 26.6 Å². The van der Waals surface area contributed by atoms with Crippen LogP contribution in [0.1, 0.15) is 48.9 Å². The topological polar surface area (TPSA) is 0 Å². The molecule has 2 aliphatic carbocycles. The molecule has 146 valence electrons. The molecule has 0 spiro atoms. The molecule has 0 aliphatic heterocycles. The zero-order valence-corrected chi connectivity index (χ0v) is 22.1. The summed E-state index contributed by atoms with van der Waals surface area (Å²) in [7, 11) is 0. The van der Waals surface area contributed by atoms with Gasteiger partial charge in [-0.15, -0.1) is 0 Å². The summed E-state index contributed by atoms with van der Waals surface area (Å²) in [6.07, 6.45) is 12.6. The number of benzene rings is 2. The fourth-order valence-corrected chi connectivity index (χ4v) is 32.4. The summed E-state index contributed by atoms with van der Waals surface area (Å²) in [6, 6.07) is 18.4. The summed E-state index contributed by atoms with van der Waals surface area (Å²) in [5.74, 6) is 0. The van der Waals surface area contributed by atoms with Gasteiger partial charge in [-0.1, -0.05) is 0 Å². The molecule has 0 saturated heterocycles. The SMILES string of the molecule is CC[C]1([Zr+2](=[Si](C)C)[C]2(CC)C=Cc3ccccc32)C=Cc2ccccc21.[Cl-].[Cl-]. The minimum absolute atomic E-state index is 0. The molecule has 0 heterocycles. The fourth-order valence-electron chi connectivity index (χ4n) is 5.44. The van der Waals surface area contributed by atoms with Gasteiger partial charge in [0.25, 0.3) is 0 Å². The smallest absolute Gasteiger partial charge is 1.00 e. The van der Waals surface area contributed by atoms with Gasteiger partial charge in [0, 0.05) is 0 Å². The monoisotopic (exact) mass is 504 g/mol. The van der Waals surface area contributed by atoms with E-state index in [4.69, 9.17) is 0 Å². The van der Waals surface area contributed by atoms with E-state index in [-0.39, 0.29) is 30.2 Å². The van der Waals surface area contributed by atoms with E-state index < -0.39 is 20.4 Å². The number of fused-ring (bicyclic) bond motifs is 2. The first-order valence-electron chi connectivity index (χ1n) is 9.85. The van der Waals surface area contributed by atoms with E-state index in [2.05, 4.69) is 99.8 Å². The minimum Gasteiger partial charge on any atom is -1.00 e. The van der Waals surface area contributed by atoms with Crippen molar-refractivity contribution in [3.8, 4) is 0 Å². The fraction of sp³-hybridized carbons (Fsp3) is 0.333. The molecule has 4 rings (SSSR count). The van der Waals surface area contributed by atoms with Crippen molar-refractivity contribution in [2.24, 2.45) is 0 Å². The molecule has 0 amide bonds. The molecule has 0 nitrogen and oxygen atoms in total. The first kappa shape index (κ1) is 23.9. The van der Waals surface area contributed by atoms with Crippen LogP contribution in [0.15, 0.2) is 60.7 Å². The Bertz CT molecular complexity index is 887. The Balaban J connectivity index is 0.00000140. The summed E-state index contributed by atoms with van der Waals surface area (Å²) < 4.78 is 0.683. The van der Waals surface area contributed by atoms with Crippen LogP contribution in [-0.4, -0.2) is 5.43 Å². The van der Waals surface area contributed by atoms with Crippen molar-refractivity contribution in [3.63, 3.8) is 0 Å². The Morgan fingerprint density at radius 2 is 1.11 bits per heavy atom. The van der Waals surface area contributed by atoms with Crippen molar-refractivity contribution >= 4 is 17.6 Å². The first-order valence-corrected chi connectivity index (χ1v) is 18.5. The third-order valence-electron chi connectivity index (χ3n) is 6.49. The van der Waals surface area contributed by atoms with Crippen LogP contribution in [0.5, 0.6) is 0 Å². The molecule has 0 bridgehead atoms. The van der Waals surface area contributed by atoms with Crippen molar-refractivity contribution in [1.82, 2.24) is 0 Å². The van der Waals surface area contributed by atoms with Gasteiger partial charge in [-0.3, -0.25) is 0 Å². The van der Waals surface area contributed by atoms with Gasteiger partial charge in [-0.05, 0) is 0 Å². The molecular formula is C24H28Cl2SiZr. The van der Waals surface area contributed by atoms with Crippen molar-refractivity contribution in [3.05, 3.63) is 82.9 Å². The van der Waals surface area contributed by atoms with E-state index in [9.17, 15) is 0 Å². The van der Waals surface area contributed by atoms with Crippen LogP contribution in [0.4, 0.5) is 0 Å². The number of rotatable bonds is 4. The molecule has 0 saturated carbocycles. The third kappa shape index (κ3) is 3.39. The number of hydrogen-bond donors (Lipinski definition) is 0. The summed E-state index contributed by atoms with van der Waals surface area (Å²) in [6.45, 7) is 10.1. The zero-order valence-electron chi connectivity index (χ0n) is 17.1. The Labute approximate surface area is 190 Å². The summed E-state index contributed by atoms with van der Waals surface area (Å²) >= 11 is -2.00. The number of allylic oxidation sites excluding steroid dienone is 2. The van der Waals surface area contributed by atoms with E-state index in [1.807, 2.05) is 0 Å². The van der Waals surface area contributed by atoms with Crippen LogP contribution in [0.2, 0.25) is 13.1 Å². The summed E-state index contributed by atoms with van der Waals surface area (Å²) in [4.78, 5) is 0. The zero-order chi connectivity index (χ0) is 18.4. The van der Waals surface area contributed by atoms with Crippen LogP contribution in [0.3, 0.4) is 0 Å². The molecule has 2 unspecified atom stereocenters. The Hall–Kier alpha value is -0.400. The van der Waals surface area contributed by atoms with Gasteiger partial charge in [-0.2, -0.15) is 0 Å². The quantitative estimate of drug-likeness (QED) is 0.531. The van der Waals surface area contributed by atoms with Gasteiger partial charge in [0.05, 0.1) is 0 Å². The molecule has 2 aromatic carbocycles. The Kier molecular flexibility index (Phi) is 7.82. The Morgan fingerprint density at radius 3 is 1.46 bits per heavy atom. The van der Waals surface area contributed by atoms with Gasteiger partial charge in [0.2, 0.25) is 0 Å². The molecule has 2 aliphatic rings. The van der Waals surface area contributed by atoms with Crippen LogP contribution >= 0.6 is 0 Å². The van der Waals surface area contributed by atoms with Crippen LogP contribution in [0, 0.1) is 0 Å². The van der Waals surface area contributed by atoms with Crippen LogP contribution in [0.25, 0.3) is 12.2 Å². The second-order valence-electron chi connectivity index (χ2n) is 7.87. The molecule has 0 N–H and O–H groups in total. The van der Waals surface area contributed by atoms with Crippen molar-refractivity contribution in [2.75, 3.05) is 0 Å². The molecular weight excluding hydrogens is 478 g/mol. The molecule has 2 aromatic rings. The van der Waals surface area contributed by atoms with E-state index in [0.29, 0.717) is 6.25 Å². The second-order valence-corrected chi connectivity index (χ2v) is 26.4. The average Bonchev–Trinajstić information content (AvgIpc) is 3.23. The van der Waals surface area contributed by atoms with Crippen molar-refractivity contribution in [1.29, 1.82) is 0 Å². The summed E-state index contributed by atoms with van der Waals surface area (Å²) in [5.41, 5.74) is 5.84. The maximum Gasteiger partial charge on any atom is -1.00 e. The van der Waals surface area contributed by atoms with E-state index in [0.717, 1.165) is 0 Å². The molecule has 0 fully saturated rings. The Morgan fingerprint density at radius 1 is 0.714 bits per heavy atom. The third-order valence-corrected chi connectivity index (χ3v) is 28.4. The van der Waals surface area contributed by atoms with Crippen molar-refractivity contribution in [2.45, 2.75) is 46.0 Å². The van der Waals surface area contributed by atoms with Crippen molar-refractivity contribution < 1.29 is 45.2 Å². The minimum atomic E-state index is -2.00. The van der Waals surface area contributed by atoms with E-state index in [1.165, 1.54) is 24.0 Å². The maximum atomic E-state index is 2.64. The average molecular weight is 507 g/mol. The molecule has 0 aromatic heterocycles. The number of halogens is 2. The normalized spacial score (nSPS) is 23.1. The van der Waals surface area contributed by atoms with E-state index >= 15 is 0 Å². The van der Waals surface area contributed by atoms with Crippen LogP contribution < -0.4 is 24.8 Å². The van der Waals surface area contributed by atoms with E-state index in [1.54, 1.807) is 11.1 Å². The van der Waals surface area contributed by atoms with Gasteiger partial charge in [0.1, 0.15) is 0 Å². The second kappa shape index (κ2) is 9.17. The molecule has 28 heavy (non-hydrogen) atoms. The molecule has 0 radical (unpaired) electrons. The van der Waals surface area contributed by atoms with Gasteiger partial charge < -0.3 is 24.8 Å². The van der Waals surface area contributed by atoms with Gasteiger partial charge >= 0.3 is 167 Å². The van der Waals surface area contributed by atoms with Gasteiger partial charge in [0.15, 0.2) is 0 Å². The first-order chi connectivity index (χ1) is 12.6. The summed E-state index contributed by atoms with van der Waals surface area (Å²) in [5, 5.41) is 0. The largest absolute Gasteiger partial charge is 1.00 e. The van der Waals surface area contributed by atoms with Gasteiger partial charge in [-0.25, -0.2) is 0 Å².